The number of carboxylic acid groups (broad SMARTS) is 1. The Balaban J connectivity index is 1.96. The number of carbonyl (C=O) groups is 1. The predicted octanol–water partition coefficient (Wildman–Crippen LogP) is 2.87. The molecule has 0 radical (unpaired) electrons. The van der Waals surface area contributed by atoms with Crippen LogP contribution >= 0.6 is 0 Å². The van der Waals surface area contributed by atoms with Crippen LogP contribution in [0.5, 0.6) is 0 Å². The molecule has 1 aromatic carbocycles. The van der Waals surface area contributed by atoms with Gasteiger partial charge in [0.2, 0.25) is 5.95 Å². The van der Waals surface area contributed by atoms with E-state index in [1.165, 1.54) is 6.20 Å². The van der Waals surface area contributed by atoms with Gasteiger partial charge in [-0.05, 0) is 17.7 Å². The number of aromatic nitrogens is 3. The molecule has 0 aliphatic heterocycles. The molecule has 6 heteroatoms. The quantitative estimate of drug-likeness (QED) is 0.778. The summed E-state index contributed by atoms with van der Waals surface area (Å²) in [5.41, 5.74) is 2.18. The van der Waals surface area contributed by atoms with Crippen LogP contribution in [0.2, 0.25) is 0 Å². The highest BCUT2D eigenvalue weighted by molar-refractivity contribution is 5.94. The fraction of sp³-hybridized carbons (Fsp3) is 0.111. The molecule has 0 amide bonds. The molecule has 2 heterocycles. The van der Waals surface area contributed by atoms with Crippen molar-refractivity contribution in [2.45, 2.75) is 6.54 Å². The van der Waals surface area contributed by atoms with Gasteiger partial charge in [-0.2, -0.15) is 0 Å². The summed E-state index contributed by atoms with van der Waals surface area (Å²) < 4.78 is 0. The first kappa shape index (κ1) is 15.6. The van der Waals surface area contributed by atoms with E-state index in [4.69, 9.17) is 0 Å². The van der Waals surface area contributed by atoms with E-state index in [0.717, 1.165) is 5.56 Å². The molecule has 0 bridgehead atoms. The minimum atomic E-state index is -1.06. The normalized spacial score (nSPS) is 10.4. The Morgan fingerprint density at radius 3 is 2.58 bits per heavy atom. The van der Waals surface area contributed by atoms with Crippen molar-refractivity contribution in [3.05, 3.63) is 72.2 Å². The zero-order valence-corrected chi connectivity index (χ0v) is 13.1. The smallest absolute Gasteiger partial charge is 0.339 e. The minimum absolute atomic E-state index is 0.0554. The van der Waals surface area contributed by atoms with Crippen LogP contribution in [0, 0.1) is 0 Å². The molecule has 0 saturated heterocycles. The highest BCUT2D eigenvalue weighted by Gasteiger charge is 2.17. The van der Waals surface area contributed by atoms with Gasteiger partial charge in [-0.15, -0.1) is 0 Å². The molecular weight excluding hydrogens is 304 g/mol. The molecule has 2 aromatic heterocycles. The molecule has 24 heavy (non-hydrogen) atoms. The maximum absolute atomic E-state index is 11.5. The zero-order chi connectivity index (χ0) is 16.9. The summed E-state index contributed by atoms with van der Waals surface area (Å²) in [5.74, 6) is -0.603. The van der Waals surface area contributed by atoms with E-state index in [2.05, 4.69) is 15.0 Å². The first-order chi connectivity index (χ1) is 11.6. The second-order valence-electron chi connectivity index (χ2n) is 5.32. The SMILES string of the molecule is CN(Cc1ccccc1)c1ncc(C(=O)O)c(-c2cccnc2)n1. The molecule has 0 unspecified atom stereocenters. The maximum atomic E-state index is 11.5. The van der Waals surface area contributed by atoms with Crippen LogP contribution in [0.3, 0.4) is 0 Å². The largest absolute Gasteiger partial charge is 0.478 e. The van der Waals surface area contributed by atoms with E-state index in [1.807, 2.05) is 42.3 Å². The summed E-state index contributed by atoms with van der Waals surface area (Å²) in [6.45, 7) is 0.625. The molecule has 120 valence electrons. The monoisotopic (exact) mass is 320 g/mol. The van der Waals surface area contributed by atoms with Crippen molar-refractivity contribution < 1.29 is 9.90 Å². The van der Waals surface area contributed by atoms with Crippen LogP contribution in [0.25, 0.3) is 11.3 Å². The Kier molecular flexibility index (Phi) is 4.47. The first-order valence-corrected chi connectivity index (χ1v) is 7.41. The van der Waals surface area contributed by atoms with Crippen LogP contribution in [0.4, 0.5) is 5.95 Å². The minimum Gasteiger partial charge on any atom is -0.478 e. The van der Waals surface area contributed by atoms with Crippen LogP contribution in [0.15, 0.2) is 61.1 Å². The molecular formula is C18H16N4O2. The lowest BCUT2D eigenvalue weighted by Gasteiger charge is -2.18. The average molecular weight is 320 g/mol. The Hall–Kier alpha value is -3.28. The highest BCUT2D eigenvalue weighted by Crippen LogP contribution is 2.23. The molecule has 0 aliphatic carbocycles. The number of carboxylic acids is 1. The Labute approximate surface area is 139 Å². The third-order valence-corrected chi connectivity index (χ3v) is 3.55. The molecule has 0 saturated carbocycles. The van der Waals surface area contributed by atoms with Gasteiger partial charge in [0, 0.05) is 37.7 Å². The standard InChI is InChI=1S/C18H16N4O2/c1-22(12-13-6-3-2-4-7-13)18-20-11-15(17(23)24)16(21-18)14-8-5-9-19-10-14/h2-11H,12H2,1H3,(H,23,24). The van der Waals surface area contributed by atoms with Crippen molar-refractivity contribution in [3.8, 4) is 11.3 Å². The second kappa shape index (κ2) is 6.87. The van der Waals surface area contributed by atoms with Gasteiger partial charge in [-0.1, -0.05) is 30.3 Å². The van der Waals surface area contributed by atoms with Gasteiger partial charge >= 0.3 is 5.97 Å². The fourth-order valence-corrected chi connectivity index (χ4v) is 2.36. The van der Waals surface area contributed by atoms with E-state index in [1.54, 1.807) is 24.5 Å². The van der Waals surface area contributed by atoms with Gasteiger partial charge in [0.1, 0.15) is 5.56 Å². The summed E-state index contributed by atoms with van der Waals surface area (Å²) in [6, 6.07) is 13.5. The summed E-state index contributed by atoms with van der Waals surface area (Å²) in [6.07, 6.45) is 4.57. The van der Waals surface area contributed by atoms with Gasteiger partial charge in [-0.3, -0.25) is 4.98 Å². The third-order valence-electron chi connectivity index (χ3n) is 3.55. The lowest BCUT2D eigenvalue weighted by atomic mass is 10.1. The number of rotatable bonds is 5. The highest BCUT2D eigenvalue weighted by atomic mass is 16.4. The number of aromatic carboxylic acids is 1. The van der Waals surface area contributed by atoms with Crippen LogP contribution in [-0.2, 0) is 6.54 Å². The molecule has 0 aliphatic rings. The number of anilines is 1. The molecule has 3 rings (SSSR count). The van der Waals surface area contributed by atoms with Crippen molar-refractivity contribution in [3.63, 3.8) is 0 Å². The van der Waals surface area contributed by atoms with Gasteiger partial charge < -0.3 is 10.0 Å². The molecule has 1 N–H and O–H groups in total. The van der Waals surface area contributed by atoms with Gasteiger partial charge in [0.15, 0.2) is 0 Å². The number of pyridine rings is 1. The Morgan fingerprint density at radius 2 is 1.92 bits per heavy atom. The summed E-state index contributed by atoms with van der Waals surface area (Å²) >= 11 is 0. The number of benzene rings is 1. The van der Waals surface area contributed by atoms with Gasteiger partial charge in [-0.25, -0.2) is 14.8 Å². The lowest BCUT2D eigenvalue weighted by Crippen LogP contribution is -2.20. The first-order valence-electron chi connectivity index (χ1n) is 7.41. The topological polar surface area (TPSA) is 79.2 Å². The van der Waals surface area contributed by atoms with Gasteiger partial charge in [0.25, 0.3) is 0 Å². The predicted molar refractivity (Wildman–Crippen MR) is 90.8 cm³/mol. The number of nitrogens with zero attached hydrogens (tertiary/aromatic N) is 4. The molecule has 3 aromatic rings. The fourth-order valence-electron chi connectivity index (χ4n) is 2.36. The van der Waals surface area contributed by atoms with Crippen LogP contribution < -0.4 is 4.90 Å². The van der Waals surface area contributed by atoms with E-state index >= 15 is 0 Å². The molecule has 0 spiro atoms. The number of hydrogen-bond donors (Lipinski definition) is 1. The summed E-state index contributed by atoms with van der Waals surface area (Å²) in [4.78, 5) is 26.0. The Bertz CT molecular complexity index is 838. The summed E-state index contributed by atoms with van der Waals surface area (Å²) in [5, 5.41) is 9.38. The van der Waals surface area contributed by atoms with Gasteiger partial charge in [0.05, 0.1) is 5.69 Å². The van der Waals surface area contributed by atoms with Crippen molar-refractivity contribution in [1.82, 2.24) is 15.0 Å². The second-order valence-corrected chi connectivity index (χ2v) is 5.32. The zero-order valence-electron chi connectivity index (χ0n) is 13.1. The van der Waals surface area contributed by atoms with E-state index in [0.29, 0.717) is 23.8 Å². The average Bonchev–Trinajstić information content (AvgIpc) is 2.62. The van der Waals surface area contributed by atoms with Crippen molar-refractivity contribution >= 4 is 11.9 Å². The van der Waals surface area contributed by atoms with Crippen LogP contribution in [-0.4, -0.2) is 33.1 Å². The lowest BCUT2D eigenvalue weighted by molar-refractivity contribution is 0.0697. The van der Waals surface area contributed by atoms with E-state index in [9.17, 15) is 9.90 Å². The molecule has 0 atom stereocenters. The van der Waals surface area contributed by atoms with Crippen LogP contribution in [0.1, 0.15) is 15.9 Å². The third kappa shape index (κ3) is 3.38. The maximum Gasteiger partial charge on any atom is 0.339 e. The van der Waals surface area contributed by atoms with Crippen molar-refractivity contribution in [2.24, 2.45) is 0 Å². The van der Waals surface area contributed by atoms with E-state index < -0.39 is 5.97 Å². The number of hydrogen-bond acceptors (Lipinski definition) is 5. The molecule has 6 nitrogen and oxygen atoms in total. The van der Waals surface area contributed by atoms with Crippen molar-refractivity contribution in [1.29, 1.82) is 0 Å². The van der Waals surface area contributed by atoms with E-state index in [-0.39, 0.29) is 5.56 Å². The Morgan fingerprint density at radius 1 is 1.12 bits per heavy atom. The van der Waals surface area contributed by atoms with Crippen molar-refractivity contribution in [2.75, 3.05) is 11.9 Å². The summed E-state index contributed by atoms with van der Waals surface area (Å²) in [7, 11) is 1.87. The molecule has 0 fully saturated rings.